The number of likely N-dealkylation sites (tertiary alicyclic amines) is 1. The van der Waals surface area contributed by atoms with Crippen LogP contribution in [0.15, 0.2) is 47.1 Å². The Balaban J connectivity index is 1.64. The van der Waals surface area contributed by atoms with Crippen molar-refractivity contribution >= 4 is 5.91 Å². The van der Waals surface area contributed by atoms with E-state index in [1.54, 1.807) is 12.3 Å². The summed E-state index contributed by atoms with van der Waals surface area (Å²) in [7, 11) is 0. The fraction of sp³-hybridized carbons (Fsp3) is 0.353. The maximum absolute atomic E-state index is 12.4. The molecule has 0 atom stereocenters. The van der Waals surface area contributed by atoms with Gasteiger partial charge in [-0.15, -0.1) is 0 Å². The number of benzene rings is 1. The first-order valence-electron chi connectivity index (χ1n) is 7.14. The molecule has 1 saturated heterocycles. The molecule has 1 fully saturated rings. The van der Waals surface area contributed by atoms with E-state index in [2.05, 4.69) is 24.3 Å². The molecule has 0 N–H and O–H groups in total. The minimum atomic E-state index is 0.0998. The Morgan fingerprint density at radius 1 is 1.15 bits per heavy atom. The maximum atomic E-state index is 12.4. The Kier molecular flexibility index (Phi) is 3.59. The lowest BCUT2D eigenvalue weighted by atomic mass is 9.89. The zero-order valence-corrected chi connectivity index (χ0v) is 11.7. The summed E-state index contributed by atoms with van der Waals surface area (Å²) in [6.07, 6.45) is 3.65. The molecule has 0 bridgehead atoms. The van der Waals surface area contributed by atoms with E-state index < -0.39 is 0 Å². The molecule has 20 heavy (non-hydrogen) atoms. The van der Waals surface area contributed by atoms with Crippen molar-refractivity contribution in [3.05, 3.63) is 59.5 Å². The molecule has 0 radical (unpaired) electrons. The molecule has 1 amide bonds. The van der Waals surface area contributed by atoms with Gasteiger partial charge in [-0.25, -0.2) is 0 Å². The van der Waals surface area contributed by atoms with E-state index in [0.29, 0.717) is 17.2 Å². The van der Waals surface area contributed by atoms with Crippen LogP contribution < -0.4 is 0 Å². The van der Waals surface area contributed by atoms with E-state index in [0.717, 1.165) is 25.9 Å². The third kappa shape index (κ3) is 2.48. The predicted octanol–water partition coefficient (Wildman–Crippen LogP) is 3.61. The lowest BCUT2D eigenvalue weighted by Gasteiger charge is -2.32. The Bertz CT molecular complexity index is 580. The Morgan fingerprint density at radius 2 is 1.85 bits per heavy atom. The van der Waals surface area contributed by atoms with Gasteiger partial charge in [-0.3, -0.25) is 4.79 Å². The van der Waals surface area contributed by atoms with Crippen LogP contribution in [0.5, 0.6) is 0 Å². The second kappa shape index (κ2) is 5.53. The largest absolute Gasteiger partial charge is 0.469 e. The van der Waals surface area contributed by atoms with Gasteiger partial charge in [0.05, 0.1) is 11.8 Å². The standard InChI is InChI=1S/C17H19NO2/c1-13-16(9-12-20-13)17(19)18-10-7-15(8-11-18)14-5-3-2-4-6-14/h2-6,9,12,15H,7-8,10-11H2,1H3. The molecule has 0 aliphatic carbocycles. The second-order valence-corrected chi connectivity index (χ2v) is 5.37. The van der Waals surface area contributed by atoms with Crippen molar-refractivity contribution in [2.45, 2.75) is 25.7 Å². The van der Waals surface area contributed by atoms with Crippen molar-refractivity contribution in [1.29, 1.82) is 0 Å². The van der Waals surface area contributed by atoms with Crippen LogP contribution in [-0.2, 0) is 0 Å². The Labute approximate surface area is 119 Å². The molecule has 1 aliphatic heterocycles. The quantitative estimate of drug-likeness (QED) is 0.834. The van der Waals surface area contributed by atoms with Gasteiger partial charge in [0.25, 0.3) is 5.91 Å². The number of piperidine rings is 1. The number of nitrogens with zero attached hydrogens (tertiary/aromatic N) is 1. The molecule has 0 saturated carbocycles. The average molecular weight is 269 g/mol. The van der Waals surface area contributed by atoms with Gasteiger partial charge in [-0.2, -0.15) is 0 Å². The Morgan fingerprint density at radius 3 is 2.45 bits per heavy atom. The molecular weight excluding hydrogens is 250 g/mol. The highest BCUT2D eigenvalue weighted by Gasteiger charge is 2.25. The Hall–Kier alpha value is -2.03. The molecule has 1 aliphatic rings. The summed E-state index contributed by atoms with van der Waals surface area (Å²) in [5.41, 5.74) is 2.09. The molecule has 0 spiro atoms. The summed E-state index contributed by atoms with van der Waals surface area (Å²) < 4.78 is 5.22. The van der Waals surface area contributed by atoms with Crippen molar-refractivity contribution in [3.8, 4) is 0 Å². The van der Waals surface area contributed by atoms with Crippen molar-refractivity contribution in [2.24, 2.45) is 0 Å². The van der Waals surface area contributed by atoms with E-state index in [-0.39, 0.29) is 5.91 Å². The van der Waals surface area contributed by atoms with Gasteiger partial charge in [0.2, 0.25) is 0 Å². The molecule has 3 heteroatoms. The fourth-order valence-electron chi connectivity index (χ4n) is 2.92. The minimum absolute atomic E-state index is 0.0998. The summed E-state index contributed by atoms with van der Waals surface area (Å²) in [5.74, 6) is 1.38. The van der Waals surface area contributed by atoms with Gasteiger partial charge >= 0.3 is 0 Å². The molecule has 3 nitrogen and oxygen atoms in total. The van der Waals surface area contributed by atoms with Gasteiger partial charge in [0, 0.05) is 13.1 Å². The monoisotopic (exact) mass is 269 g/mol. The molecule has 0 unspecified atom stereocenters. The predicted molar refractivity (Wildman–Crippen MR) is 77.8 cm³/mol. The number of carbonyl (C=O) groups is 1. The first-order chi connectivity index (χ1) is 9.75. The summed E-state index contributed by atoms with van der Waals surface area (Å²) in [4.78, 5) is 14.3. The topological polar surface area (TPSA) is 33.5 Å². The van der Waals surface area contributed by atoms with Crippen LogP contribution in [0.4, 0.5) is 0 Å². The van der Waals surface area contributed by atoms with Gasteiger partial charge in [0.15, 0.2) is 0 Å². The van der Waals surface area contributed by atoms with Crippen LogP contribution in [-0.4, -0.2) is 23.9 Å². The summed E-state index contributed by atoms with van der Waals surface area (Å²) >= 11 is 0. The van der Waals surface area contributed by atoms with Crippen LogP contribution in [0.3, 0.4) is 0 Å². The fourth-order valence-corrected chi connectivity index (χ4v) is 2.92. The number of aryl methyl sites for hydroxylation is 1. The number of hydrogen-bond donors (Lipinski definition) is 0. The molecule has 104 valence electrons. The summed E-state index contributed by atoms with van der Waals surface area (Å²) in [6.45, 7) is 3.48. The number of amides is 1. The van der Waals surface area contributed by atoms with E-state index in [1.807, 2.05) is 17.9 Å². The smallest absolute Gasteiger partial charge is 0.257 e. The van der Waals surface area contributed by atoms with Crippen LogP contribution in [0.25, 0.3) is 0 Å². The highest BCUT2D eigenvalue weighted by Crippen LogP contribution is 2.28. The highest BCUT2D eigenvalue weighted by atomic mass is 16.3. The SMILES string of the molecule is Cc1occc1C(=O)N1CCC(c2ccccc2)CC1. The molecule has 2 heterocycles. The lowest BCUT2D eigenvalue weighted by molar-refractivity contribution is 0.0711. The van der Waals surface area contributed by atoms with Crippen molar-refractivity contribution in [1.82, 2.24) is 4.90 Å². The summed E-state index contributed by atoms with van der Waals surface area (Å²) in [5, 5.41) is 0. The van der Waals surface area contributed by atoms with Gasteiger partial charge in [0.1, 0.15) is 5.76 Å². The van der Waals surface area contributed by atoms with Gasteiger partial charge in [-0.05, 0) is 37.3 Å². The number of hydrogen-bond acceptors (Lipinski definition) is 2. The zero-order valence-electron chi connectivity index (χ0n) is 11.7. The van der Waals surface area contributed by atoms with Crippen LogP contribution >= 0.6 is 0 Å². The van der Waals surface area contributed by atoms with Crippen LogP contribution in [0.2, 0.25) is 0 Å². The van der Waals surface area contributed by atoms with Gasteiger partial charge < -0.3 is 9.32 Å². The van der Waals surface area contributed by atoms with E-state index in [1.165, 1.54) is 5.56 Å². The zero-order chi connectivity index (χ0) is 13.9. The third-order valence-corrected chi connectivity index (χ3v) is 4.14. The second-order valence-electron chi connectivity index (χ2n) is 5.37. The van der Waals surface area contributed by atoms with Crippen LogP contribution in [0.1, 0.15) is 40.4 Å². The first-order valence-corrected chi connectivity index (χ1v) is 7.14. The molecule has 1 aromatic heterocycles. The number of rotatable bonds is 2. The maximum Gasteiger partial charge on any atom is 0.257 e. The molecular formula is C17H19NO2. The van der Waals surface area contributed by atoms with Crippen molar-refractivity contribution in [3.63, 3.8) is 0 Å². The normalized spacial score (nSPS) is 16.4. The summed E-state index contributed by atoms with van der Waals surface area (Å²) in [6, 6.07) is 12.3. The lowest BCUT2D eigenvalue weighted by Crippen LogP contribution is -2.38. The number of carbonyl (C=O) groups excluding carboxylic acids is 1. The van der Waals surface area contributed by atoms with E-state index in [4.69, 9.17) is 4.42 Å². The minimum Gasteiger partial charge on any atom is -0.469 e. The van der Waals surface area contributed by atoms with Gasteiger partial charge in [-0.1, -0.05) is 30.3 Å². The first kappa shape index (κ1) is 13.0. The number of furan rings is 1. The van der Waals surface area contributed by atoms with Crippen molar-refractivity contribution in [2.75, 3.05) is 13.1 Å². The van der Waals surface area contributed by atoms with E-state index in [9.17, 15) is 4.79 Å². The molecule has 1 aromatic carbocycles. The average Bonchev–Trinajstić information content (AvgIpc) is 2.94. The third-order valence-electron chi connectivity index (χ3n) is 4.14. The molecule has 3 rings (SSSR count). The van der Waals surface area contributed by atoms with Crippen molar-refractivity contribution < 1.29 is 9.21 Å². The van der Waals surface area contributed by atoms with E-state index >= 15 is 0 Å². The highest BCUT2D eigenvalue weighted by molar-refractivity contribution is 5.95. The van der Waals surface area contributed by atoms with Crippen LogP contribution in [0, 0.1) is 6.92 Å². The molecule has 2 aromatic rings.